The molecule has 0 radical (unpaired) electrons. The maximum atomic E-state index is 12.1. The van der Waals surface area contributed by atoms with E-state index in [9.17, 15) is 8.42 Å². The van der Waals surface area contributed by atoms with E-state index in [4.69, 9.17) is 10.9 Å². The molecule has 112 valence electrons. The second kappa shape index (κ2) is 6.56. The van der Waals surface area contributed by atoms with Gasteiger partial charge in [-0.25, -0.2) is 13.1 Å². The fraction of sp³-hybridized carbons (Fsp3) is 0.917. The number of oxime groups is 1. The summed E-state index contributed by atoms with van der Waals surface area (Å²) in [4.78, 5) is 0. The molecule has 0 saturated heterocycles. The van der Waals surface area contributed by atoms with Gasteiger partial charge in [0, 0.05) is 0 Å². The van der Waals surface area contributed by atoms with Gasteiger partial charge in [0.05, 0.1) is 11.3 Å². The molecule has 7 heteroatoms. The molecular formula is C12H25N3O3S. The quantitative estimate of drug-likeness (QED) is 0.298. The SMILES string of the molecule is CCCCS(=O)(=O)NC1(/C(N)=N/O)CCC(C)CC1. The first-order chi connectivity index (χ1) is 8.85. The smallest absolute Gasteiger partial charge is 0.212 e. The predicted octanol–water partition coefficient (Wildman–Crippen LogP) is 1.40. The van der Waals surface area contributed by atoms with Crippen molar-refractivity contribution in [2.24, 2.45) is 16.8 Å². The molecule has 1 aliphatic carbocycles. The highest BCUT2D eigenvalue weighted by atomic mass is 32.2. The van der Waals surface area contributed by atoms with E-state index in [1.807, 2.05) is 6.92 Å². The van der Waals surface area contributed by atoms with Crippen molar-refractivity contribution in [1.29, 1.82) is 0 Å². The lowest BCUT2D eigenvalue weighted by molar-refractivity contribution is 0.266. The van der Waals surface area contributed by atoms with Crippen LogP contribution in [0.25, 0.3) is 0 Å². The van der Waals surface area contributed by atoms with E-state index in [-0.39, 0.29) is 11.6 Å². The molecule has 0 aliphatic heterocycles. The molecule has 1 rings (SSSR count). The summed E-state index contributed by atoms with van der Waals surface area (Å²) in [6.07, 6.45) is 4.32. The van der Waals surface area contributed by atoms with Crippen molar-refractivity contribution in [2.75, 3.05) is 5.75 Å². The van der Waals surface area contributed by atoms with Crippen LogP contribution in [0.5, 0.6) is 0 Å². The molecule has 6 nitrogen and oxygen atoms in total. The van der Waals surface area contributed by atoms with Crippen LogP contribution in [0.3, 0.4) is 0 Å². The van der Waals surface area contributed by atoms with Crippen molar-refractivity contribution in [3.63, 3.8) is 0 Å². The highest BCUT2D eigenvalue weighted by Crippen LogP contribution is 2.32. The van der Waals surface area contributed by atoms with Gasteiger partial charge in [0.2, 0.25) is 10.0 Å². The Kier molecular flexibility index (Phi) is 5.61. The minimum absolute atomic E-state index is 0.0283. The number of hydrogen-bond donors (Lipinski definition) is 3. The molecule has 19 heavy (non-hydrogen) atoms. The lowest BCUT2D eigenvalue weighted by atomic mass is 9.77. The molecule has 1 saturated carbocycles. The Morgan fingerprint density at radius 3 is 2.53 bits per heavy atom. The molecule has 0 aromatic heterocycles. The third-order valence-electron chi connectivity index (χ3n) is 3.84. The average molecular weight is 291 g/mol. The zero-order valence-electron chi connectivity index (χ0n) is 11.7. The number of hydrogen-bond acceptors (Lipinski definition) is 4. The molecule has 0 amide bonds. The maximum Gasteiger partial charge on any atom is 0.212 e. The summed E-state index contributed by atoms with van der Waals surface area (Å²) in [6, 6.07) is 0. The predicted molar refractivity (Wildman–Crippen MR) is 75.6 cm³/mol. The molecule has 1 aliphatic rings. The Morgan fingerprint density at radius 1 is 1.47 bits per heavy atom. The van der Waals surface area contributed by atoms with Gasteiger partial charge in [-0.2, -0.15) is 0 Å². The monoisotopic (exact) mass is 291 g/mol. The molecule has 0 aromatic rings. The molecule has 0 heterocycles. The number of unbranched alkanes of at least 4 members (excludes halogenated alkanes) is 1. The van der Waals surface area contributed by atoms with Crippen molar-refractivity contribution in [1.82, 2.24) is 4.72 Å². The van der Waals surface area contributed by atoms with E-state index in [0.717, 1.165) is 19.3 Å². The Bertz CT molecular complexity index is 412. The van der Waals surface area contributed by atoms with Gasteiger partial charge >= 0.3 is 0 Å². The maximum absolute atomic E-state index is 12.1. The van der Waals surface area contributed by atoms with Crippen LogP contribution in [-0.4, -0.2) is 30.8 Å². The van der Waals surface area contributed by atoms with E-state index >= 15 is 0 Å². The second-order valence-electron chi connectivity index (χ2n) is 5.52. The third-order valence-corrected chi connectivity index (χ3v) is 5.37. The largest absolute Gasteiger partial charge is 0.409 e. The van der Waals surface area contributed by atoms with Gasteiger partial charge in [-0.05, 0) is 38.0 Å². The third kappa shape index (κ3) is 4.35. The fourth-order valence-corrected chi connectivity index (χ4v) is 4.12. The van der Waals surface area contributed by atoms with Crippen molar-refractivity contribution in [3.8, 4) is 0 Å². The van der Waals surface area contributed by atoms with E-state index in [1.165, 1.54) is 0 Å². The Morgan fingerprint density at radius 2 is 2.05 bits per heavy atom. The Labute approximate surface area is 115 Å². The van der Waals surface area contributed by atoms with Crippen LogP contribution in [-0.2, 0) is 10.0 Å². The van der Waals surface area contributed by atoms with Crippen molar-refractivity contribution >= 4 is 15.9 Å². The van der Waals surface area contributed by atoms with Gasteiger partial charge in [0.25, 0.3) is 0 Å². The van der Waals surface area contributed by atoms with Gasteiger partial charge in [-0.3, -0.25) is 0 Å². The molecule has 0 bridgehead atoms. The molecule has 0 atom stereocenters. The van der Waals surface area contributed by atoms with Crippen LogP contribution >= 0.6 is 0 Å². The van der Waals surface area contributed by atoms with Crippen LogP contribution < -0.4 is 10.5 Å². The van der Waals surface area contributed by atoms with Crippen LogP contribution in [0.4, 0.5) is 0 Å². The number of amidine groups is 1. The summed E-state index contributed by atoms with van der Waals surface area (Å²) in [5.74, 6) is 0.596. The first-order valence-electron chi connectivity index (χ1n) is 6.85. The van der Waals surface area contributed by atoms with E-state index < -0.39 is 15.6 Å². The van der Waals surface area contributed by atoms with Gasteiger partial charge in [0.1, 0.15) is 0 Å². The number of nitrogens with two attached hydrogens (primary N) is 1. The standard InChI is InChI=1S/C12H25N3O3S/c1-3-4-9-19(17,18)15-12(11(13)14-16)7-5-10(2)6-8-12/h10,15-16H,3-9H2,1-2H3,(H2,13,14). The van der Waals surface area contributed by atoms with Crippen LogP contribution in [0, 0.1) is 5.92 Å². The second-order valence-corrected chi connectivity index (χ2v) is 7.37. The molecule has 0 spiro atoms. The van der Waals surface area contributed by atoms with E-state index in [1.54, 1.807) is 0 Å². The normalized spacial score (nSPS) is 29.4. The van der Waals surface area contributed by atoms with Crippen LogP contribution in [0.1, 0.15) is 52.4 Å². The average Bonchev–Trinajstić information content (AvgIpc) is 2.38. The number of nitrogens with one attached hydrogen (secondary N) is 1. The van der Waals surface area contributed by atoms with Gasteiger partial charge in [-0.1, -0.05) is 25.4 Å². The number of rotatable bonds is 6. The summed E-state index contributed by atoms with van der Waals surface area (Å²) >= 11 is 0. The van der Waals surface area contributed by atoms with E-state index in [0.29, 0.717) is 25.2 Å². The zero-order valence-corrected chi connectivity index (χ0v) is 12.5. The van der Waals surface area contributed by atoms with Crippen molar-refractivity contribution < 1.29 is 13.6 Å². The Hall–Kier alpha value is -0.820. The molecule has 4 N–H and O–H groups in total. The van der Waals surface area contributed by atoms with Crippen molar-refractivity contribution in [2.45, 2.75) is 57.9 Å². The molecule has 0 unspecified atom stereocenters. The summed E-state index contributed by atoms with van der Waals surface area (Å²) < 4.78 is 26.8. The molecular weight excluding hydrogens is 266 g/mol. The summed E-state index contributed by atoms with van der Waals surface area (Å²) in [5, 5.41) is 12.0. The van der Waals surface area contributed by atoms with Crippen LogP contribution in [0.2, 0.25) is 0 Å². The highest BCUT2D eigenvalue weighted by molar-refractivity contribution is 7.89. The Balaban J connectivity index is 2.88. The van der Waals surface area contributed by atoms with Crippen LogP contribution in [0.15, 0.2) is 5.16 Å². The zero-order chi connectivity index (χ0) is 14.5. The topological polar surface area (TPSA) is 105 Å². The lowest BCUT2D eigenvalue weighted by Gasteiger charge is -2.38. The minimum Gasteiger partial charge on any atom is -0.409 e. The van der Waals surface area contributed by atoms with Gasteiger partial charge < -0.3 is 10.9 Å². The van der Waals surface area contributed by atoms with Gasteiger partial charge in [-0.15, -0.1) is 0 Å². The summed E-state index contributed by atoms with van der Waals surface area (Å²) in [5.41, 5.74) is 4.83. The highest BCUT2D eigenvalue weighted by Gasteiger charge is 2.41. The first kappa shape index (κ1) is 16.2. The number of nitrogens with zero attached hydrogens (tertiary/aromatic N) is 1. The van der Waals surface area contributed by atoms with Gasteiger partial charge in [0.15, 0.2) is 5.84 Å². The molecule has 0 aromatic carbocycles. The molecule has 1 fully saturated rings. The first-order valence-corrected chi connectivity index (χ1v) is 8.50. The number of sulfonamides is 1. The fourth-order valence-electron chi connectivity index (χ4n) is 2.44. The van der Waals surface area contributed by atoms with E-state index in [2.05, 4.69) is 16.8 Å². The lowest BCUT2D eigenvalue weighted by Crippen LogP contribution is -2.59. The van der Waals surface area contributed by atoms with Crippen molar-refractivity contribution in [3.05, 3.63) is 0 Å². The summed E-state index contributed by atoms with van der Waals surface area (Å²) in [6.45, 7) is 4.07. The summed E-state index contributed by atoms with van der Waals surface area (Å²) in [7, 11) is -3.40. The minimum atomic E-state index is -3.40.